The summed E-state index contributed by atoms with van der Waals surface area (Å²) < 4.78 is 23.1. The Balaban J connectivity index is 2.94. The van der Waals surface area contributed by atoms with Crippen LogP contribution in [0.2, 0.25) is 5.02 Å². The maximum Gasteiger partial charge on any atom is 0.154 e. The van der Waals surface area contributed by atoms with Gasteiger partial charge in [0.15, 0.2) is 9.84 Å². The molecule has 0 saturated heterocycles. The number of rotatable bonds is 4. The summed E-state index contributed by atoms with van der Waals surface area (Å²) in [7, 11) is -3.06. The molecule has 84 valence electrons. The van der Waals surface area contributed by atoms with E-state index >= 15 is 0 Å². The smallest absolute Gasteiger partial charge is 0.154 e. The van der Waals surface area contributed by atoms with Gasteiger partial charge in [-0.25, -0.2) is 8.42 Å². The van der Waals surface area contributed by atoms with Crippen molar-refractivity contribution in [3.8, 4) is 0 Å². The molecule has 0 saturated carbocycles. The summed E-state index contributed by atoms with van der Waals surface area (Å²) in [6, 6.07) is 4.87. The van der Waals surface area contributed by atoms with Crippen LogP contribution >= 0.6 is 11.6 Å². The molecular formula is C10H14ClNO2S. The van der Waals surface area contributed by atoms with E-state index in [9.17, 15) is 8.42 Å². The van der Waals surface area contributed by atoms with Crippen molar-refractivity contribution in [1.82, 2.24) is 0 Å². The topological polar surface area (TPSA) is 60.2 Å². The number of nitrogens with two attached hydrogens (primary N) is 1. The Kier molecular flexibility index (Phi) is 3.99. The molecule has 1 aromatic carbocycles. The average molecular weight is 248 g/mol. The van der Waals surface area contributed by atoms with Gasteiger partial charge in [0.2, 0.25) is 0 Å². The molecule has 15 heavy (non-hydrogen) atoms. The molecule has 0 atom stereocenters. The predicted molar refractivity (Wildman–Crippen MR) is 63.6 cm³/mol. The molecule has 0 radical (unpaired) electrons. The van der Waals surface area contributed by atoms with E-state index in [2.05, 4.69) is 0 Å². The SMILES string of the molecule is CCCS(=O)(=O)Cc1cc(Cl)ccc1N. The molecule has 0 aromatic heterocycles. The van der Waals surface area contributed by atoms with E-state index in [4.69, 9.17) is 17.3 Å². The summed E-state index contributed by atoms with van der Waals surface area (Å²) in [6.45, 7) is 1.83. The van der Waals surface area contributed by atoms with E-state index in [0.29, 0.717) is 22.7 Å². The Labute approximate surface area is 95.2 Å². The molecule has 2 N–H and O–H groups in total. The zero-order valence-corrected chi connectivity index (χ0v) is 10.1. The number of hydrogen-bond acceptors (Lipinski definition) is 3. The lowest BCUT2D eigenvalue weighted by atomic mass is 10.2. The monoisotopic (exact) mass is 247 g/mol. The van der Waals surface area contributed by atoms with Crippen LogP contribution in [0.25, 0.3) is 0 Å². The van der Waals surface area contributed by atoms with E-state index in [-0.39, 0.29) is 11.5 Å². The highest BCUT2D eigenvalue weighted by Crippen LogP contribution is 2.20. The summed E-state index contributed by atoms with van der Waals surface area (Å²) in [5.74, 6) is 0.145. The Hall–Kier alpha value is -0.740. The highest BCUT2D eigenvalue weighted by atomic mass is 35.5. The molecule has 3 nitrogen and oxygen atoms in total. The Morgan fingerprint density at radius 2 is 2.07 bits per heavy atom. The van der Waals surface area contributed by atoms with Crippen molar-refractivity contribution in [2.45, 2.75) is 19.1 Å². The molecule has 5 heteroatoms. The summed E-state index contributed by atoms with van der Waals surface area (Å²) in [5.41, 5.74) is 6.72. The standard InChI is InChI=1S/C10H14ClNO2S/c1-2-5-15(13,14)7-8-6-9(11)3-4-10(8)12/h3-4,6H,2,5,7,12H2,1H3. The second kappa shape index (κ2) is 4.86. The normalized spacial score (nSPS) is 11.6. The Bertz CT molecular complexity index is 443. The molecule has 0 unspecified atom stereocenters. The third-order valence-corrected chi connectivity index (χ3v) is 4.01. The van der Waals surface area contributed by atoms with Crippen molar-refractivity contribution >= 4 is 27.1 Å². The van der Waals surface area contributed by atoms with Crippen molar-refractivity contribution in [2.24, 2.45) is 0 Å². The molecule has 0 heterocycles. The maximum atomic E-state index is 11.6. The lowest BCUT2D eigenvalue weighted by Gasteiger charge is -2.06. The number of sulfone groups is 1. The number of anilines is 1. The molecule has 0 bridgehead atoms. The molecule has 0 amide bonds. The molecule has 0 aliphatic rings. The quantitative estimate of drug-likeness (QED) is 0.831. The average Bonchev–Trinajstić information content (AvgIpc) is 2.10. The number of nitrogen functional groups attached to an aromatic ring is 1. The summed E-state index contributed by atoms with van der Waals surface area (Å²) in [5, 5.41) is 0.505. The fraction of sp³-hybridized carbons (Fsp3) is 0.400. The Morgan fingerprint density at radius 3 is 2.67 bits per heavy atom. The summed E-state index contributed by atoms with van der Waals surface area (Å²) in [6.07, 6.45) is 0.614. The number of halogens is 1. The summed E-state index contributed by atoms with van der Waals surface area (Å²) in [4.78, 5) is 0. The van der Waals surface area contributed by atoms with E-state index < -0.39 is 9.84 Å². The second-order valence-corrected chi connectivity index (χ2v) is 6.06. The third kappa shape index (κ3) is 3.72. The van der Waals surface area contributed by atoms with Crippen LogP contribution in [-0.4, -0.2) is 14.2 Å². The van der Waals surface area contributed by atoms with Gasteiger partial charge in [-0.3, -0.25) is 0 Å². The van der Waals surface area contributed by atoms with Crippen LogP contribution in [0.1, 0.15) is 18.9 Å². The first-order chi connectivity index (χ1) is 6.94. The van der Waals surface area contributed by atoms with Crippen LogP contribution in [0.15, 0.2) is 18.2 Å². The van der Waals surface area contributed by atoms with E-state index in [1.807, 2.05) is 6.92 Å². The van der Waals surface area contributed by atoms with E-state index in [1.54, 1.807) is 18.2 Å². The minimum Gasteiger partial charge on any atom is -0.398 e. The molecular weight excluding hydrogens is 234 g/mol. The number of hydrogen-bond donors (Lipinski definition) is 1. The summed E-state index contributed by atoms with van der Waals surface area (Å²) >= 11 is 5.77. The van der Waals surface area contributed by atoms with Crippen LogP contribution in [0.5, 0.6) is 0 Å². The van der Waals surface area contributed by atoms with Gasteiger partial charge in [-0.2, -0.15) is 0 Å². The molecule has 0 fully saturated rings. The first kappa shape index (κ1) is 12.3. The lowest BCUT2D eigenvalue weighted by molar-refractivity contribution is 0.594. The Morgan fingerprint density at radius 1 is 1.40 bits per heavy atom. The highest BCUT2D eigenvalue weighted by molar-refractivity contribution is 7.90. The van der Waals surface area contributed by atoms with Gasteiger partial charge in [0.1, 0.15) is 0 Å². The van der Waals surface area contributed by atoms with E-state index in [0.717, 1.165) is 0 Å². The molecule has 0 aliphatic carbocycles. The van der Waals surface area contributed by atoms with Crippen molar-refractivity contribution < 1.29 is 8.42 Å². The third-order valence-electron chi connectivity index (χ3n) is 2.00. The van der Waals surface area contributed by atoms with Gasteiger partial charge in [0.25, 0.3) is 0 Å². The zero-order valence-electron chi connectivity index (χ0n) is 8.53. The van der Waals surface area contributed by atoms with Crippen LogP contribution in [0.3, 0.4) is 0 Å². The largest absolute Gasteiger partial charge is 0.398 e. The minimum atomic E-state index is -3.06. The van der Waals surface area contributed by atoms with Crippen LogP contribution in [0, 0.1) is 0 Å². The van der Waals surface area contributed by atoms with Crippen LogP contribution in [-0.2, 0) is 15.6 Å². The fourth-order valence-corrected chi connectivity index (χ4v) is 3.00. The van der Waals surface area contributed by atoms with Crippen molar-refractivity contribution in [2.75, 3.05) is 11.5 Å². The van der Waals surface area contributed by atoms with Gasteiger partial charge in [0, 0.05) is 10.7 Å². The van der Waals surface area contributed by atoms with Crippen molar-refractivity contribution in [3.05, 3.63) is 28.8 Å². The predicted octanol–water partition coefficient (Wildman–Crippen LogP) is 2.25. The minimum absolute atomic E-state index is 0.0345. The first-order valence-corrected chi connectivity index (χ1v) is 6.89. The second-order valence-electron chi connectivity index (χ2n) is 3.44. The van der Waals surface area contributed by atoms with E-state index in [1.165, 1.54) is 0 Å². The van der Waals surface area contributed by atoms with Gasteiger partial charge in [0.05, 0.1) is 11.5 Å². The molecule has 0 aliphatic heterocycles. The number of benzene rings is 1. The van der Waals surface area contributed by atoms with Gasteiger partial charge < -0.3 is 5.73 Å². The highest BCUT2D eigenvalue weighted by Gasteiger charge is 2.12. The van der Waals surface area contributed by atoms with Crippen molar-refractivity contribution in [1.29, 1.82) is 0 Å². The fourth-order valence-electron chi connectivity index (χ4n) is 1.32. The zero-order chi connectivity index (χ0) is 11.5. The van der Waals surface area contributed by atoms with Crippen LogP contribution in [0.4, 0.5) is 5.69 Å². The molecule has 1 aromatic rings. The maximum absolute atomic E-state index is 11.6. The van der Waals surface area contributed by atoms with Gasteiger partial charge in [-0.1, -0.05) is 18.5 Å². The first-order valence-electron chi connectivity index (χ1n) is 4.69. The van der Waals surface area contributed by atoms with Gasteiger partial charge in [-0.05, 0) is 30.2 Å². The van der Waals surface area contributed by atoms with Gasteiger partial charge >= 0.3 is 0 Å². The molecule has 1 rings (SSSR count). The van der Waals surface area contributed by atoms with Gasteiger partial charge in [-0.15, -0.1) is 0 Å². The lowest BCUT2D eigenvalue weighted by Crippen LogP contribution is -2.10. The van der Waals surface area contributed by atoms with Crippen LogP contribution < -0.4 is 5.73 Å². The van der Waals surface area contributed by atoms with Crippen molar-refractivity contribution in [3.63, 3.8) is 0 Å². The molecule has 0 spiro atoms.